The first kappa shape index (κ1) is 14.0. The number of likely N-dealkylation sites (N-methyl/N-ethyl adjacent to an activating group) is 1. The summed E-state index contributed by atoms with van der Waals surface area (Å²) in [4.78, 5) is 2.10. The van der Waals surface area contributed by atoms with Crippen LogP contribution < -0.4 is 10.5 Å². The number of likely N-dealkylation sites (tertiary alicyclic amines) is 1. The van der Waals surface area contributed by atoms with E-state index in [2.05, 4.69) is 4.90 Å². The summed E-state index contributed by atoms with van der Waals surface area (Å²) in [7, 11) is 1.95. The Morgan fingerprint density at radius 1 is 1.42 bits per heavy atom. The number of nitrogens with two attached hydrogens (primary N) is 1. The van der Waals surface area contributed by atoms with Gasteiger partial charge in [-0.1, -0.05) is 0 Å². The topological polar surface area (TPSA) is 38.5 Å². The first-order chi connectivity index (χ1) is 8.88. The van der Waals surface area contributed by atoms with Crippen molar-refractivity contribution in [1.29, 1.82) is 0 Å². The van der Waals surface area contributed by atoms with E-state index in [4.69, 9.17) is 10.5 Å². The van der Waals surface area contributed by atoms with Gasteiger partial charge in [0, 0.05) is 17.8 Å². The molecule has 1 saturated heterocycles. The number of hydrogen-bond acceptors (Lipinski definition) is 3. The number of halogens is 3. The second kappa shape index (κ2) is 5.28. The van der Waals surface area contributed by atoms with E-state index in [1.165, 1.54) is 12.1 Å². The summed E-state index contributed by atoms with van der Waals surface area (Å²) in [5.74, 6) is -0.187. The lowest BCUT2D eigenvalue weighted by atomic mass is 10.1. The number of anilines is 1. The summed E-state index contributed by atoms with van der Waals surface area (Å²) in [5, 5.41) is 0. The van der Waals surface area contributed by atoms with Gasteiger partial charge in [-0.2, -0.15) is 13.2 Å². The van der Waals surface area contributed by atoms with Crippen molar-refractivity contribution in [2.75, 3.05) is 25.9 Å². The number of rotatable bonds is 3. The smallest absolute Gasteiger partial charge is 0.419 e. The van der Waals surface area contributed by atoms with E-state index in [1.54, 1.807) is 0 Å². The SMILES string of the molecule is CN1CCC[C@@H]1COc1cc(N)ccc1C(F)(F)F. The number of benzene rings is 1. The first-order valence-corrected chi connectivity index (χ1v) is 6.17. The van der Waals surface area contributed by atoms with E-state index in [0.29, 0.717) is 0 Å². The highest BCUT2D eigenvalue weighted by Gasteiger charge is 2.34. The van der Waals surface area contributed by atoms with Gasteiger partial charge in [0.05, 0.1) is 5.56 Å². The molecule has 0 unspecified atom stereocenters. The highest BCUT2D eigenvalue weighted by Crippen LogP contribution is 2.37. The molecule has 0 aliphatic carbocycles. The highest BCUT2D eigenvalue weighted by atomic mass is 19.4. The van der Waals surface area contributed by atoms with Crippen molar-refractivity contribution in [3.63, 3.8) is 0 Å². The Balaban J connectivity index is 2.12. The third-order valence-electron chi connectivity index (χ3n) is 3.41. The van der Waals surface area contributed by atoms with E-state index in [9.17, 15) is 13.2 Å². The molecule has 1 aliphatic rings. The first-order valence-electron chi connectivity index (χ1n) is 6.17. The Morgan fingerprint density at radius 3 is 2.74 bits per heavy atom. The van der Waals surface area contributed by atoms with Crippen LogP contribution in [0.1, 0.15) is 18.4 Å². The Hall–Kier alpha value is -1.43. The summed E-state index contributed by atoms with van der Waals surface area (Å²) in [6.07, 6.45) is -2.43. The monoisotopic (exact) mass is 274 g/mol. The average Bonchev–Trinajstić information content (AvgIpc) is 2.70. The molecule has 0 radical (unpaired) electrons. The van der Waals surface area contributed by atoms with Crippen LogP contribution in [0, 0.1) is 0 Å². The zero-order valence-corrected chi connectivity index (χ0v) is 10.7. The highest BCUT2D eigenvalue weighted by molar-refractivity contribution is 5.49. The van der Waals surface area contributed by atoms with Gasteiger partial charge in [0.2, 0.25) is 0 Å². The summed E-state index contributed by atoms with van der Waals surface area (Å²) < 4.78 is 43.8. The maximum Gasteiger partial charge on any atom is 0.419 e. The second-order valence-electron chi connectivity index (χ2n) is 4.84. The molecule has 1 aliphatic heterocycles. The van der Waals surface area contributed by atoms with E-state index in [1.807, 2.05) is 7.05 Å². The van der Waals surface area contributed by atoms with Gasteiger partial charge < -0.3 is 15.4 Å². The molecule has 1 atom stereocenters. The van der Waals surface area contributed by atoms with Crippen LogP contribution in [0.4, 0.5) is 18.9 Å². The fourth-order valence-corrected chi connectivity index (χ4v) is 2.27. The van der Waals surface area contributed by atoms with Crippen molar-refractivity contribution in [2.45, 2.75) is 25.1 Å². The Kier molecular flexibility index (Phi) is 3.89. The number of nitrogens with zero attached hydrogens (tertiary/aromatic N) is 1. The molecule has 1 aromatic carbocycles. The molecule has 1 heterocycles. The number of nitrogen functional groups attached to an aromatic ring is 1. The number of hydrogen-bond donors (Lipinski definition) is 1. The van der Waals surface area contributed by atoms with Crippen LogP contribution in [0.25, 0.3) is 0 Å². The van der Waals surface area contributed by atoms with Crippen LogP contribution in [0.5, 0.6) is 5.75 Å². The minimum Gasteiger partial charge on any atom is -0.491 e. The standard InChI is InChI=1S/C13H17F3N2O/c1-18-6-2-3-10(18)8-19-12-7-9(17)4-5-11(12)13(14,15)16/h4-5,7,10H,2-3,6,8,17H2,1H3/t10-/m1/s1. The van der Waals surface area contributed by atoms with Gasteiger partial charge in [0.1, 0.15) is 12.4 Å². The van der Waals surface area contributed by atoms with Crippen molar-refractivity contribution in [1.82, 2.24) is 4.90 Å². The number of ether oxygens (including phenoxy) is 1. The molecule has 0 bridgehead atoms. The quantitative estimate of drug-likeness (QED) is 0.861. The minimum atomic E-state index is -4.43. The molecule has 0 aromatic heterocycles. The van der Waals surface area contributed by atoms with Crippen LogP contribution >= 0.6 is 0 Å². The molecule has 106 valence electrons. The lowest BCUT2D eigenvalue weighted by Crippen LogP contribution is -2.31. The predicted octanol–water partition coefficient (Wildman–Crippen LogP) is 2.76. The Morgan fingerprint density at radius 2 is 2.16 bits per heavy atom. The molecular formula is C13H17F3N2O. The summed E-state index contributed by atoms with van der Waals surface area (Å²) >= 11 is 0. The van der Waals surface area contributed by atoms with Crippen molar-refractivity contribution < 1.29 is 17.9 Å². The van der Waals surface area contributed by atoms with Crippen LogP contribution in [0.2, 0.25) is 0 Å². The van der Waals surface area contributed by atoms with Gasteiger partial charge in [-0.3, -0.25) is 0 Å². The molecule has 2 rings (SSSR count). The van der Waals surface area contributed by atoms with Crippen molar-refractivity contribution >= 4 is 5.69 Å². The molecule has 3 nitrogen and oxygen atoms in total. The molecule has 0 amide bonds. The maximum atomic E-state index is 12.8. The normalized spacial score (nSPS) is 20.7. The second-order valence-corrected chi connectivity index (χ2v) is 4.84. The fourth-order valence-electron chi connectivity index (χ4n) is 2.27. The molecule has 2 N–H and O–H groups in total. The maximum absolute atomic E-state index is 12.8. The number of alkyl halides is 3. The summed E-state index contributed by atoms with van der Waals surface area (Å²) in [6, 6.07) is 3.60. The predicted molar refractivity (Wildman–Crippen MR) is 67.0 cm³/mol. The lowest BCUT2D eigenvalue weighted by molar-refractivity contribution is -0.139. The zero-order valence-electron chi connectivity index (χ0n) is 10.7. The Bertz CT molecular complexity index is 448. The molecule has 6 heteroatoms. The molecule has 1 fully saturated rings. The minimum absolute atomic E-state index is 0.169. The molecule has 19 heavy (non-hydrogen) atoms. The van der Waals surface area contributed by atoms with Crippen LogP contribution in [-0.4, -0.2) is 31.1 Å². The largest absolute Gasteiger partial charge is 0.491 e. The van der Waals surface area contributed by atoms with E-state index < -0.39 is 11.7 Å². The van der Waals surface area contributed by atoms with Gasteiger partial charge in [-0.25, -0.2) is 0 Å². The summed E-state index contributed by atoms with van der Waals surface area (Å²) in [6.45, 7) is 1.21. The molecule has 1 aromatic rings. The fraction of sp³-hybridized carbons (Fsp3) is 0.538. The van der Waals surface area contributed by atoms with Gasteiger partial charge >= 0.3 is 6.18 Å². The van der Waals surface area contributed by atoms with Gasteiger partial charge in [0.25, 0.3) is 0 Å². The van der Waals surface area contributed by atoms with Crippen molar-refractivity contribution in [2.24, 2.45) is 0 Å². The summed E-state index contributed by atoms with van der Waals surface area (Å²) in [5.41, 5.74) is 5.01. The molecular weight excluding hydrogens is 257 g/mol. The molecule has 0 spiro atoms. The van der Waals surface area contributed by atoms with Crippen LogP contribution in [-0.2, 0) is 6.18 Å². The third kappa shape index (κ3) is 3.32. The van der Waals surface area contributed by atoms with E-state index in [-0.39, 0.29) is 24.1 Å². The van der Waals surface area contributed by atoms with Crippen molar-refractivity contribution in [3.8, 4) is 5.75 Å². The zero-order chi connectivity index (χ0) is 14.0. The van der Waals surface area contributed by atoms with E-state index >= 15 is 0 Å². The van der Waals surface area contributed by atoms with Crippen LogP contribution in [0.15, 0.2) is 18.2 Å². The average molecular weight is 274 g/mol. The third-order valence-corrected chi connectivity index (χ3v) is 3.41. The van der Waals surface area contributed by atoms with Crippen LogP contribution in [0.3, 0.4) is 0 Å². The Labute approximate surface area is 110 Å². The lowest BCUT2D eigenvalue weighted by Gasteiger charge is -2.21. The van der Waals surface area contributed by atoms with E-state index in [0.717, 1.165) is 25.5 Å². The van der Waals surface area contributed by atoms with Gasteiger partial charge in [-0.05, 0) is 38.6 Å². The van der Waals surface area contributed by atoms with Gasteiger partial charge in [0.15, 0.2) is 0 Å². The molecule has 0 saturated carbocycles. The van der Waals surface area contributed by atoms with Gasteiger partial charge in [-0.15, -0.1) is 0 Å². The van der Waals surface area contributed by atoms with Crippen molar-refractivity contribution in [3.05, 3.63) is 23.8 Å².